The van der Waals surface area contributed by atoms with Crippen molar-refractivity contribution in [1.29, 1.82) is 0 Å². The Kier molecular flexibility index (Phi) is 3.49. The number of carbonyl (C=O) groups excluding carboxylic acids is 1. The van der Waals surface area contributed by atoms with Crippen molar-refractivity contribution >= 4 is 6.03 Å². The summed E-state index contributed by atoms with van der Waals surface area (Å²) in [4.78, 5) is 16.2. The molecule has 0 spiro atoms. The van der Waals surface area contributed by atoms with Crippen LogP contribution in [0.3, 0.4) is 0 Å². The van der Waals surface area contributed by atoms with Crippen LogP contribution in [0.25, 0.3) is 0 Å². The van der Waals surface area contributed by atoms with E-state index in [1.807, 2.05) is 4.90 Å². The van der Waals surface area contributed by atoms with Gasteiger partial charge in [0.15, 0.2) is 0 Å². The van der Waals surface area contributed by atoms with E-state index in [4.69, 9.17) is 0 Å². The van der Waals surface area contributed by atoms with Crippen molar-refractivity contribution < 1.29 is 4.79 Å². The van der Waals surface area contributed by atoms with Gasteiger partial charge in [-0.05, 0) is 31.6 Å². The fourth-order valence-electron chi connectivity index (χ4n) is 2.68. The van der Waals surface area contributed by atoms with Crippen molar-refractivity contribution in [1.82, 2.24) is 9.80 Å². The highest BCUT2D eigenvalue weighted by Gasteiger charge is 2.27. The normalized spacial score (nSPS) is 27.1. The van der Waals surface area contributed by atoms with Gasteiger partial charge >= 0.3 is 6.03 Å². The summed E-state index contributed by atoms with van der Waals surface area (Å²) < 4.78 is 0. The third kappa shape index (κ3) is 2.44. The molecule has 0 saturated carbocycles. The van der Waals surface area contributed by atoms with E-state index in [-0.39, 0.29) is 0 Å². The summed E-state index contributed by atoms with van der Waals surface area (Å²) in [5.41, 5.74) is 0. The molecule has 0 aromatic carbocycles. The molecule has 2 heterocycles. The molecule has 3 heteroatoms. The smallest absolute Gasteiger partial charge is 0.320 e. The number of amides is 2. The summed E-state index contributed by atoms with van der Waals surface area (Å²) >= 11 is 0. The second kappa shape index (κ2) is 4.86. The zero-order valence-corrected chi connectivity index (χ0v) is 9.74. The van der Waals surface area contributed by atoms with Gasteiger partial charge in [-0.1, -0.05) is 13.3 Å². The van der Waals surface area contributed by atoms with Crippen LogP contribution >= 0.6 is 0 Å². The molecule has 0 aromatic rings. The van der Waals surface area contributed by atoms with Gasteiger partial charge in [0, 0.05) is 26.2 Å². The predicted octanol–water partition coefficient (Wildman–Crippen LogP) is 2.32. The largest absolute Gasteiger partial charge is 0.325 e. The molecule has 2 aliphatic heterocycles. The van der Waals surface area contributed by atoms with E-state index in [0.717, 1.165) is 32.1 Å². The van der Waals surface area contributed by atoms with Gasteiger partial charge in [0.25, 0.3) is 0 Å². The maximum atomic E-state index is 12.1. The number of piperidine rings is 1. The zero-order chi connectivity index (χ0) is 10.7. The first-order chi connectivity index (χ1) is 7.31. The third-order valence-corrected chi connectivity index (χ3v) is 3.74. The minimum Gasteiger partial charge on any atom is -0.325 e. The van der Waals surface area contributed by atoms with Gasteiger partial charge < -0.3 is 9.80 Å². The fraction of sp³-hybridized carbons (Fsp3) is 0.917. The Morgan fingerprint density at radius 2 is 1.80 bits per heavy atom. The Bertz CT molecular complexity index is 224. The topological polar surface area (TPSA) is 23.6 Å². The van der Waals surface area contributed by atoms with Gasteiger partial charge in [-0.15, -0.1) is 0 Å². The van der Waals surface area contributed by atoms with Gasteiger partial charge in [-0.3, -0.25) is 0 Å². The number of carbonyl (C=O) groups is 1. The SMILES string of the molecule is CCC1CCCN(C(=O)N2CCCC2)C1. The highest BCUT2D eigenvalue weighted by molar-refractivity contribution is 5.74. The monoisotopic (exact) mass is 210 g/mol. The van der Waals surface area contributed by atoms with Crippen LogP contribution in [-0.4, -0.2) is 42.0 Å². The Morgan fingerprint density at radius 3 is 2.47 bits per heavy atom. The van der Waals surface area contributed by atoms with Crippen molar-refractivity contribution in [2.24, 2.45) is 5.92 Å². The minimum atomic E-state index is 0.297. The number of rotatable bonds is 1. The predicted molar refractivity (Wildman–Crippen MR) is 60.8 cm³/mol. The van der Waals surface area contributed by atoms with Crippen LogP contribution in [0.1, 0.15) is 39.0 Å². The molecule has 0 N–H and O–H groups in total. The van der Waals surface area contributed by atoms with Gasteiger partial charge in [-0.25, -0.2) is 4.79 Å². The second-order valence-electron chi connectivity index (χ2n) is 4.84. The Labute approximate surface area is 92.4 Å². The molecule has 0 bridgehead atoms. The van der Waals surface area contributed by atoms with Crippen molar-refractivity contribution in [2.45, 2.75) is 39.0 Å². The van der Waals surface area contributed by atoms with E-state index in [1.54, 1.807) is 0 Å². The van der Waals surface area contributed by atoms with Crippen LogP contribution in [0.15, 0.2) is 0 Å². The molecule has 2 amide bonds. The maximum absolute atomic E-state index is 12.1. The van der Waals surface area contributed by atoms with E-state index < -0.39 is 0 Å². The standard InChI is InChI=1S/C12H22N2O/c1-2-11-6-5-9-14(10-11)12(15)13-7-3-4-8-13/h11H,2-10H2,1H3. The van der Waals surface area contributed by atoms with Crippen molar-refractivity contribution in [3.8, 4) is 0 Å². The lowest BCUT2D eigenvalue weighted by Gasteiger charge is -2.34. The molecule has 0 radical (unpaired) electrons. The Morgan fingerprint density at radius 1 is 1.13 bits per heavy atom. The lowest BCUT2D eigenvalue weighted by atomic mass is 9.96. The van der Waals surface area contributed by atoms with Gasteiger partial charge in [0.05, 0.1) is 0 Å². The van der Waals surface area contributed by atoms with E-state index >= 15 is 0 Å². The highest BCUT2D eigenvalue weighted by atomic mass is 16.2. The van der Waals surface area contributed by atoms with E-state index in [1.165, 1.54) is 32.1 Å². The van der Waals surface area contributed by atoms with Crippen LogP contribution < -0.4 is 0 Å². The van der Waals surface area contributed by atoms with E-state index in [0.29, 0.717) is 6.03 Å². The number of hydrogen-bond donors (Lipinski definition) is 0. The lowest BCUT2D eigenvalue weighted by Crippen LogP contribution is -2.46. The zero-order valence-electron chi connectivity index (χ0n) is 9.74. The van der Waals surface area contributed by atoms with Gasteiger partial charge in [0.1, 0.15) is 0 Å². The average molecular weight is 210 g/mol. The first-order valence-corrected chi connectivity index (χ1v) is 6.35. The van der Waals surface area contributed by atoms with Crippen LogP contribution in [0.2, 0.25) is 0 Å². The molecule has 2 rings (SSSR count). The molecule has 0 aromatic heterocycles. The Hall–Kier alpha value is -0.730. The number of likely N-dealkylation sites (tertiary alicyclic amines) is 2. The summed E-state index contributed by atoms with van der Waals surface area (Å²) in [7, 11) is 0. The van der Waals surface area contributed by atoms with Crippen LogP contribution in [0.5, 0.6) is 0 Å². The number of nitrogens with zero attached hydrogens (tertiary/aromatic N) is 2. The second-order valence-corrected chi connectivity index (χ2v) is 4.84. The summed E-state index contributed by atoms with van der Waals surface area (Å²) in [5, 5.41) is 0. The lowest BCUT2D eigenvalue weighted by molar-refractivity contribution is 0.135. The highest BCUT2D eigenvalue weighted by Crippen LogP contribution is 2.21. The van der Waals surface area contributed by atoms with Gasteiger partial charge in [-0.2, -0.15) is 0 Å². The van der Waals surface area contributed by atoms with Gasteiger partial charge in [0.2, 0.25) is 0 Å². The number of urea groups is 1. The van der Waals surface area contributed by atoms with Crippen LogP contribution in [0, 0.1) is 5.92 Å². The van der Waals surface area contributed by atoms with Crippen LogP contribution in [-0.2, 0) is 0 Å². The Balaban J connectivity index is 1.88. The molecule has 2 saturated heterocycles. The summed E-state index contributed by atoms with van der Waals surface area (Å²) in [6, 6.07) is 0.297. The first kappa shape index (κ1) is 10.8. The average Bonchev–Trinajstić information content (AvgIpc) is 2.81. The fourth-order valence-corrected chi connectivity index (χ4v) is 2.68. The molecule has 2 aliphatic rings. The molecule has 15 heavy (non-hydrogen) atoms. The van der Waals surface area contributed by atoms with Crippen LogP contribution in [0.4, 0.5) is 4.79 Å². The molecule has 1 atom stereocenters. The summed E-state index contributed by atoms with van der Waals surface area (Å²) in [5.74, 6) is 0.741. The number of hydrogen-bond acceptors (Lipinski definition) is 1. The van der Waals surface area contributed by atoms with Crippen molar-refractivity contribution in [3.05, 3.63) is 0 Å². The molecule has 2 fully saturated rings. The molecule has 86 valence electrons. The molecular formula is C12H22N2O. The van der Waals surface area contributed by atoms with E-state index in [9.17, 15) is 4.79 Å². The molecule has 0 aliphatic carbocycles. The molecular weight excluding hydrogens is 188 g/mol. The van der Waals surface area contributed by atoms with Crippen molar-refractivity contribution in [2.75, 3.05) is 26.2 Å². The summed E-state index contributed by atoms with van der Waals surface area (Å²) in [6.07, 6.45) is 6.09. The summed E-state index contributed by atoms with van der Waals surface area (Å²) in [6.45, 7) is 6.16. The maximum Gasteiger partial charge on any atom is 0.320 e. The molecule has 1 unspecified atom stereocenters. The molecule has 3 nitrogen and oxygen atoms in total. The van der Waals surface area contributed by atoms with Crippen molar-refractivity contribution in [3.63, 3.8) is 0 Å². The minimum absolute atomic E-state index is 0.297. The van der Waals surface area contributed by atoms with E-state index in [2.05, 4.69) is 11.8 Å². The third-order valence-electron chi connectivity index (χ3n) is 3.74. The quantitative estimate of drug-likeness (QED) is 0.651. The first-order valence-electron chi connectivity index (χ1n) is 6.35.